The van der Waals surface area contributed by atoms with Gasteiger partial charge in [0.1, 0.15) is 22.2 Å². The predicted molar refractivity (Wildman–Crippen MR) is 310 cm³/mol. The summed E-state index contributed by atoms with van der Waals surface area (Å²) in [7, 11) is 0. The molecule has 10 fully saturated rings. The zero-order chi connectivity index (χ0) is 55.3. The highest BCUT2D eigenvalue weighted by molar-refractivity contribution is 9.09. The summed E-state index contributed by atoms with van der Waals surface area (Å²) in [6.45, 7) is 41.3. The van der Waals surface area contributed by atoms with Crippen LogP contribution in [-0.4, -0.2) is 59.1 Å². The van der Waals surface area contributed by atoms with Gasteiger partial charge in [0.2, 0.25) is 0 Å². The van der Waals surface area contributed by atoms with Crippen molar-refractivity contribution in [3.8, 4) is 0 Å². The fourth-order valence-electron chi connectivity index (χ4n) is 23.2. The molecular weight excluding hydrogens is 1060 g/mol. The van der Waals surface area contributed by atoms with Crippen LogP contribution in [-0.2, 0) is 28.7 Å². The number of aliphatic hydroxyl groups excluding tert-OH is 1. The number of hydrogen-bond donors (Lipinski definition) is 1. The summed E-state index contributed by atoms with van der Waals surface area (Å²) < 4.78 is 10.4. The summed E-state index contributed by atoms with van der Waals surface area (Å²) in [5.41, 5.74) is 4.34. The van der Waals surface area contributed by atoms with Crippen LogP contribution in [0.2, 0.25) is 0 Å². The van der Waals surface area contributed by atoms with Crippen molar-refractivity contribution >= 4 is 55.4 Å². The van der Waals surface area contributed by atoms with Gasteiger partial charge in [-0.25, -0.2) is 0 Å². The van der Waals surface area contributed by atoms with E-state index in [4.69, 9.17) is 4.74 Å². The second-order valence-electron chi connectivity index (χ2n) is 30.3. The molecule has 9 heteroatoms. The summed E-state index contributed by atoms with van der Waals surface area (Å²) in [6.07, 6.45) is 23.4. The number of ketones is 2. The van der Waals surface area contributed by atoms with E-state index in [0.717, 1.165) is 38.5 Å². The number of ether oxygens (including phenoxy) is 2. The van der Waals surface area contributed by atoms with Crippen LogP contribution in [0.5, 0.6) is 0 Å². The molecule has 10 rings (SSSR count). The van der Waals surface area contributed by atoms with Gasteiger partial charge in [-0.05, 0) is 233 Å². The van der Waals surface area contributed by atoms with Crippen molar-refractivity contribution in [2.45, 2.75) is 218 Å². The van der Waals surface area contributed by atoms with E-state index in [-0.39, 0.29) is 55.2 Å². The Morgan fingerprint density at radius 1 is 0.520 bits per heavy atom. The standard InChI is InChI=1S/C32H49BrO3.C30H48O2.C4H7BrO2/c1-20(2)21-10-15-32(19-36-26(35)18-33)17-16-30(6)22(27(21)32)8-9-24-29(5)13-12-25(34)28(3,4)23(29)11-14-31(24,30)7;1-19(2)20-10-15-30(18-31)17-16-28(6)21(25(20)30)8-9-23-27(5)13-12-24(32)26(3,4)22(27)11-14-29(23,28)7;1-2-7-4(6)3-5/h21-24,27H,1,8-19H2,2-7H3;20-23,25,31H,1,8-18H2,2-7H3;2-3H2,1H3/t21?,22-,23+,24-,27-,29+,30-,31-,32-;20?,21-,22+,23-,25-,27+,28-,29-,30-;/m11./s1. The molecule has 1 N–H and O–H groups in total. The van der Waals surface area contributed by atoms with Gasteiger partial charge < -0.3 is 14.6 Å². The molecule has 75 heavy (non-hydrogen) atoms. The molecular formula is C66H104Br2O7. The first-order valence-electron chi connectivity index (χ1n) is 30.4. The van der Waals surface area contributed by atoms with Gasteiger partial charge in [-0.3, -0.25) is 19.2 Å². The van der Waals surface area contributed by atoms with Crippen LogP contribution in [0, 0.1) is 113 Å². The Balaban J connectivity index is 0.000000178. The second kappa shape index (κ2) is 20.9. The summed E-state index contributed by atoms with van der Waals surface area (Å²) in [5.74, 6) is 6.73. The number of esters is 2. The van der Waals surface area contributed by atoms with Crippen molar-refractivity contribution in [3.05, 3.63) is 24.3 Å². The van der Waals surface area contributed by atoms with Gasteiger partial charge in [-0.1, -0.05) is 125 Å². The molecule has 0 aromatic heterocycles. The van der Waals surface area contributed by atoms with Crippen molar-refractivity contribution in [2.24, 2.45) is 113 Å². The Hall–Kier alpha value is -1.32. The van der Waals surface area contributed by atoms with Crippen LogP contribution in [0.25, 0.3) is 0 Å². The lowest BCUT2D eigenvalue weighted by molar-refractivity contribution is -0.237. The first-order chi connectivity index (χ1) is 34.9. The van der Waals surface area contributed by atoms with E-state index < -0.39 is 0 Å². The Labute approximate surface area is 472 Å². The summed E-state index contributed by atoms with van der Waals surface area (Å²) >= 11 is 6.23. The lowest BCUT2D eigenvalue weighted by atomic mass is 9.32. The van der Waals surface area contributed by atoms with Gasteiger partial charge in [0.15, 0.2) is 0 Å². The van der Waals surface area contributed by atoms with E-state index in [1.54, 1.807) is 6.92 Å². The Bertz CT molecular complexity index is 2240. The van der Waals surface area contributed by atoms with Crippen molar-refractivity contribution < 1.29 is 33.8 Å². The van der Waals surface area contributed by atoms with Crippen molar-refractivity contribution in [2.75, 3.05) is 30.5 Å². The van der Waals surface area contributed by atoms with E-state index in [1.165, 1.54) is 101 Å². The minimum Gasteiger partial charge on any atom is -0.465 e. The highest BCUT2D eigenvalue weighted by Crippen LogP contribution is 2.79. The topological polar surface area (TPSA) is 107 Å². The lowest BCUT2D eigenvalue weighted by Gasteiger charge is -2.72. The third kappa shape index (κ3) is 9.02. The van der Waals surface area contributed by atoms with Crippen LogP contribution >= 0.6 is 31.9 Å². The van der Waals surface area contributed by atoms with Gasteiger partial charge in [0, 0.05) is 35.7 Å². The molecule has 0 spiro atoms. The molecule has 10 aliphatic carbocycles. The number of Topliss-reactive ketones (excluding diaryl/α,β-unsaturated/α-hetero) is 2. The van der Waals surface area contributed by atoms with Crippen LogP contribution in [0.3, 0.4) is 0 Å². The first-order valence-corrected chi connectivity index (χ1v) is 32.6. The molecule has 10 saturated carbocycles. The number of fused-ring (bicyclic) bond motifs is 14. The minimum absolute atomic E-state index is 0.106. The lowest BCUT2D eigenvalue weighted by Crippen LogP contribution is -2.66. The molecule has 0 aromatic rings. The number of carbonyl (C=O) groups is 4. The molecule has 7 nitrogen and oxygen atoms in total. The van der Waals surface area contributed by atoms with Crippen LogP contribution in [0.15, 0.2) is 24.3 Å². The molecule has 0 saturated heterocycles. The van der Waals surface area contributed by atoms with E-state index in [2.05, 4.69) is 133 Å². The molecule has 0 aliphatic heterocycles. The molecule has 0 bridgehead atoms. The summed E-state index contributed by atoms with van der Waals surface area (Å²) in [6, 6.07) is 0. The average molecular weight is 1170 g/mol. The maximum absolute atomic E-state index is 13.0. The largest absolute Gasteiger partial charge is 0.465 e. The number of rotatable bonds is 8. The fourth-order valence-corrected chi connectivity index (χ4v) is 23.5. The predicted octanol–water partition coefficient (Wildman–Crippen LogP) is 16.3. The van der Waals surface area contributed by atoms with Gasteiger partial charge in [0.05, 0.1) is 13.2 Å². The highest BCUT2D eigenvalue weighted by Gasteiger charge is 2.73. The summed E-state index contributed by atoms with van der Waals surface area (Å²) in [4.78, 5) is 48.2. The molecule has 18 atom stereocenters. The minimum atomic E-state index is -0.206. The number of alkyl halides is 2. The smallest absolute Gasteiger partial charge is 0.316 e. The normalized spacial score (nSPS) is 47.6. The Kier molecular flexibility index (Phi) is 16.7. The number of halogens is 2. The third-order valence-corrected chi connectivity index (χ3v) is 28.2. The fraction of sp³-hybridized carbons (Fsp3) is 0.879. The molecule has 0 radical (unpaired) electrons. The van der Waals surface area contributed by atoms with Crippen LogP contribution in [0.4, 0.5) is 0 Å². The van der Waals surface area contributed by atoms with Crippen LogP contribution in [0.1, 0.15) is 218 Å². The van der Waals surface area contributed by atoms with E-state index in [0.29, 0.717) is 112 Å². The Morgan fingerprint density at radius 3 is 1.31 bits per heavy atom. The zero-order valence-corrected chi connectivity index (χ0v) is 52.7. The molecule has 424 valence electrons. The van der Waals surface area contributed by atoms with Gasteiger partial charge >= 0.3 is 11.9 Å². The quantitative estimate of drug-likeness (QED) is 0.147. The van der Waals surface area contributed by atoms with Crippen LogP contribution < -0.4 is 0 Å². The highest BCUT2D eigenvalue weighted by atomic mass is 79.9. The Morgan fingerprint density at radius 2 is 0.920 bits per heavy atom. The molecule has 0 aromatic carbocycles. The monoisotopic (exact) mass is 1170 g/mol. The van der Waals surface area contributed by atoms with Crippen molar-refractivity contribution in [3.63, 3.8) is 0 Å². The molecule has 2 unspecified atom stereocenters. The van der Waals surface area contributed by atoms with Gasteiger partial charge in [0.25, 0.3) is 0 Å². The van der Waals surface area contributed by atoms with E-state index in [1.807, 2.05) is 0 Å². The van der Waals surface area contributed by atoms with E-state index >= 15 is 0 Å². The SMILES string of the molecule is C=C(C)C1CC[C@]2(CO)CC[C@]3(C)[C@H](CC[C@@H]4[C@@]5(C)CCC(=O)C(C)(C)[C@@H]5CC[C@]43C)[C@@H]12.C=C(C)C1CC[C@]2(COC(=O)CBr)CC[C@]3(C)[C@H](CC[C@@H]4[C@@]5(C)CCC(=O)C(C)(C)[C@@H]5CC[C@]43C)[C@@H]12.CCOC(=O)CBr. The number of hydrogen-bond acceptors (Lipinski definition) is 7. The first kappa shape index (κ1) is 59.8. The zero-order valence-electron chi connectivity index (χ0n) is 49.5. The number of carbonyl (C=O) groups excluding carboxylic acids is 4. The molecule has 0 heterocycles. The van der Waals surface area contributed by atoms with Gasteiger partial charge in [-0.2, -0.15) is 0 Å². The molecule has 10 aliphatic rings. The molecule has 0 amide bonds. The van der Waals surface area contributed by atoms with Crippen molar-refractivity contribution in [1.29, 1.82) is 0 Å². The maximum atomic E-state index is 13.0. The van der Waals surface area contributed by atoms with Gasteiger partial charge in [-0.15, -0.1) is 0 Å². The summed E-state index contributed by atoms with van der Waals surface area (Å²) in [5, 5.41) is 11.2. The average Bonchev–Trinajstić information content (AvgIpc) is 3.95. The number of aliphatic hydroxyl groups is 1. The maximum Gasteiger partial charge on any atom is 0.316 e. The second-order valence-corrected chi connectivity index (χ2v) is 31.4. The van der Waals surface area contributed by atoms with E-state index in [9.17, 15) is 24.3 Å². The van der Waals surface area contributed by atoms with Crippen molar-refractivity contribution in [1.82, 2.24) is 0 Å². The number of allylic oxidation sites excluding steroid dienone is 2. The third-order valence-electron chi connectivity index (χ3n) is 27.3.